The van der Waals surface area contributed by atoms with Gasteiger partial charge in [-0.1, -0.05) is 30.3 Å². The SMILES string of the molecule is Cc1nc(-c2ccccc2)sc1C(=O)Oc1ccc(N2CCCC2=O)cc1. The van der Waals surface area contributed by atoms with Gasteiger partial charge in [-0.2, -0.15) is 0 Å². The van der Waals surface area contributed by atoms with E-state index in [0.717, 1.165) is 29.2 Å². The van der Waals surface area contributed by atoms with Crippen molar-refractivity contribution in [3.8, 4) is 16.3 Å². The summed E-state index contributed by atoms with van der Waals surface area (Å²) in [6, 6.07) is 16.8. The van der Waals surface area contributed by atoms with E-state index < -0.39 is 5.97 Å². The molecule has 0 saturated carbocycles. The van der Waals surface area contributed by atoms with Crippen LogP contribution in [0.1, 0.15) is 28.2 Å². The molecule has 0 atom stereocenters. The predicted molar refractivity (Wildman–Crippen MR) is 105 cm³/mol. The third-order valence-corrected chi connectivity index (χ3v) is 5.62. The Kier molecular flexibility index (Phi) is 4.73. The van der Waals surface area contributed by atoms with E-state index in [1.165, 1.54) is 11.3 Å². The van der Waals surface area contributed by atoms with Crippen LogP contribution in [0.3, 0.4) is 0 Å². The molecule has 1 aliphatic heterocycles. The molecule has 6 heteroatoms. The van der Waals surface area contributed by atoms with Crippen molar-refractivity contribution in [1.82, 2.24) is 4.98 Å². The lowest BCUT2D eigenvalue weighted by molar-refractivity contribution is -0.117. The van der Waals surface area contributed by atoms with Crippen LogP contribution in [0.4, 0.5) is 5.69 Å². The van der Waals surface area contributed by atoms with Gasteiger partial charge in [-0.05, 0) is 37.6 Å². The number of anilines is 1. The van der Waals surface area contributed by atoms with Crippen LogP contribution in [-0.2, 0) is 4.79 Å². The summed E-state index contributed by atoms with van der Waals surface area (Å²) < 4.78 is 5.50. The Bertz CT molecular complexity index is 980. The standard InChI is InChI=1S/C21H18N2O3S/c1-14-19(27-20(22-14)15-6-3-2-4-7-15)21(25)26-17-11-9-16(10-12-17)23-13-5-8-18(23)24/h2-4,6-7,9-12H,5,8,13H2,1H3. The highest BCUT2D eigenvalue weighted by Gasteiger charge is 2.22. The fourth-order valence-electron chi connectivity index (χ4n) is 3.06. The molecule has 27 heavy (non-hydrogen) atoms. The summed E-state index contributed by atoms with van der Waals surface area (Å²) >= 11 is 1.33. The van der Waals surface area contributed by atoms with Gasteiger partial charge in [-0.3, -0.25) is 4.79 Å². The topological polar surface area (TPSA) is 59.5 Å². The van der Waals surface area contributed by atoms with Gasteiger partial charge in [0.2, 0.25) is 5.91 Å². The molecule has 5 nitrogen and oxygen atoms in total. The van der Waals surface area contributed by atoms with Crippen LogP contribution in [-0.4, -0.2) is 23.4 Å². The fraction of sp³-hybridized carbons (Fsp3) is 0.190. The second-order valence-electron chi connectivity index (χ2n) is 6.33. The molecule has 0 unspecified atom stereocenters. The lowest BCUT2D eigenvalue weighted by Gasteiger charge is -2.15. The number of carbonyl (C=O) groups is 2. The molecule has 4 rings (SSSR count). The van der Waals surface area contributed by atoms with Crippen molar-refractivity contribution in [1.29, 1.82) is 0 Å². The van der Waals surface area contributed by atoms with Gasteiger partial charge in [-0.15, -0.1) is 11.3 Å². The number of carbonyl (C=O) groups excluding carboxylic acids is 2. The second kappa shape index (κ2) is 7.32. The Labute approximate surface area is 161 Å². The summed E-state index contributed by atoms with van der Waals surface area (Å²) in [4.78, 5) is 31.1. The Morgan fingerprint density at radius 1 is 1.11 bits per heavy atom. The number of hydrogen-bond acceptors (Lipinski definition) is 5. The molecule has 0 bridgehead atoms. The van der Waals surface area contributed by atoms with Crippen molar-refractivity contribution in [2.75, 3.05) is 11.4 Å². The average Bonchev–Trinajstić information content (AvgIpc) is 3.29. The number of amides is 1. The van der Waals surface area contributed by atoms with Crippen molar-refractivity contribution in [3.05, 3.63) is 65.2 Å². The summed E-state index contributed by atoms with van der Waals surface area (Å²) in [7, 11) is 0. The van der Waals surface area contributed by atoms with Crippen molar-refractivity contribution >= 4 is 28.9 Å². The molecule has 1 amide bonds. The quantitative estimate of drug-likeness (QED) is 0.497. The molecule has 3 aromatic rings. The molecule has 0 spiro atoms. The van der Waals surface area contributed by atoms with Crippen LogP contribution < -0.4 is 9.64 Å². The number of aryl methyl sites for hydroxylation is 1. The number of esters is 1. The minimum absolute atomic E-state index is 0.133. The number of ether oxygens (including phenoxy) is 1. The zero-order valence-electron chi connectivity index (χ0n) is 14.8. The molecule has 1 aromatic heterocycles. The van der Waals surface area contributed by atoms with E-state index >= 15 is 0 Å². The first-order valence-corrected chi connectivity index (χ1v) is 9.59. The highest BCUT2D eigenvalue weighted by Crippen LogP contribution is 2.29. The molecule has 2 aromatic carbocycles. The van der Waals surface area contributed by atoms with Gasteiger partial charge in [0, 0.05) is 24.2 Å². The third-order valence-electron chi connectivity index (χ3n) is 4.44. The Hall–Kier alpha value is -2.99. The maximum Gasteiger partial charge on any atom is 0.355 e. The van der Waals surface area contributed by atoms with Crippen LogP contribution >= 0.6 is 11.3 Å². The van der Waals surface area contributed by atoms with Crippen LogP contribution in [0.25, 0.3) is 10.6 Å². The number of benzene rings is 2. The molecule has 1 saturated heterocycles. The maximum absolute atomic E-state index is 12.6. The van der Waals surface area contributed by atoms with Crippen molar-refractivity contribution in [2.45, 2.75) is 19.8 Å². The zero-order chi connectivity index (χ0) is 18.8. The number of aromatic nitrogens is 1. The summed E-state index contributed by atoms with van der Waals surface area (Å²) in [5.41, 5.74) is 2.46. The van der Waals surface area contributed by atoms with Gasteiger partial charge in [0.05, 0.1) is 5.69 Å². The molecule has 2 heterocycles. The van der Waals surface area contributed by atoms with Gasteiger partial charge in [0.15, 0.2) is 0 Å². The molecular formula is C21H18N2O3S. The van der Waals surface area contributed by atoms with E-state index in [1.807, 2.05) is 37.3 Å². The predicted octanol–water partition coefficient (Wildman–Crippen LogP) is 4.46. The largest absolute Gasteiger partial charge is 0.422 e. The fourth-order valence-corrected chi connectivity index (χ4v) is 4.01. The van der Waals surface area contributed by atoms with Gasteiger partial charge in [-0.25, -0.2) is 9.78 Å². The lowest BCUT2D eigenvalue weighted by Crippen LogP contribution is -2.23. The first-order chi connectivity index (χ1) is 13.1. The third kappa shape index (κ3) is 3.61. The van der Waals surface area contributed by atoms with E-state index in [4.69, 9.17) is 4.74 Å². The maximum atomic E-state index is 12.6. The van der Waals surface area contributed by atoms with E-state index in [-0.39, 0.29) is 5.91 Å². The van der Waals surface area contributed by atoms with Crippen molar-refractivity contribution < 1.29 is 14.3 Å². The van der Waals surface area contributed by atoms with E-state index in [9.17, 15) is 9.59 Å². The van der Waals surface area contributed by atoms with Crippen LogP contribution in [0.5, 0.6) is 5.75 Å². The highest BCUT2D eigenvalue weighted by molar-refractivity contribution is 7.17. The Balaban J connectivity index is 1.49. The zero-order valence-corrected chi connectivity index (χ0v) is 15.7. The van der Waals surface area contributed by atoms with E-state index in [1.54, 1.807) is 29.2 Å². The highest BCUT2D eigenvalue weighted by atomic mass is 32.1. The molecule has 1 fully saturated rings. The second-order valence-corrected chi connectivity index (χ2v) is 7.33. The smallest absolute Gasteiger partial charge is 0.355 e. The number of thiazole rings is 1. The minimum atomic E-state index is -0.419. The van der Waals surface area contributed by atoms with Gasteiger partial charge in [0.1, 0.15) is 15.6 Å². The normalized spacial score (nSPS) is 13.8. The number of hydrogen-bond donors (Lipinski definition) is 0. The Morgan fingerprint density at radius 3 is 2.52 bits per heavy atom. The van der Waals surface area contributed by atoms with Gasteiger partial charge < -0.3 is 9.64 Å². The van der Waals surface area contributed by atoms with E-state index in [2.05, 4.69) is 4.98 Å². The van der Waals surface area contributed by atoms with Gasteiger partial charge in [0.25, 0.3) is 0 Å². The van der Waals surface area contributed by atoms with Crippen LogP contribution in [0.15, 0.2) is 54.6 Å². The molecule has 0 aliphatic carbocycles. The first-order valence-electron chi connectivity index (χ1n) is 8.77. The first kappa shape index (κ1) is 17.4. The van der Waals surface area contributed by atoms with Crippen molar-refractivity contribution in [3.63, 3.8) is 0 Å². The van der Waals surface area contributed by atoms with E-state index in [0.29, 0.717) is 22.7 Å². The Morgan fingerprint density at radius 2 is 1.85 bits per heavy atom. The molecule has 136 valence electrons. The molecule has 1 aliphatic rings. The van der Waals surface area contributed by atoms with Crippen molar-refractivity contribution in [2.24, 2.45) is 0 Å². The number of rotatable bonds is 4. The monoisotopic (exact) mass is 378 g/mol. The summed E-state index contributed by atoms with van der Waals surface area (Å²) in [6.07, 6.45) is 1.47. The summed E-state index contributed by atoms with van der Waals surface area (Å²) in [5.74, 6) is 0.162. The van der Waals surface area contributed by atoms with Crippen LogP contribution in [0, 0.1) is 6.92 Å². The summed E-state index contributed by atoms with van der Waals surface area (Å²) in [5, 5.41) is 0.794. The summed E-state index contributed by atoms with van der Waals surface area (Å²) in [6.45, 7) is 2.54. The molecule has 0 radical (unpaired) electrons. The minimum Gasteiger partial charge on any atom is -0.422 e. The average molecular weight is 378 g/mol. The van der Waals surface area contributed by atoms with Gasteiger partial charge >= 0.3 is 5.97 Å². The lowest BCUT2D eigenvalue weighted by atomic mass is 10.2. The molecular weight excluding hydrogens is 360 g/mol. The number of nitrogens with zero attached hydrogens (tertiary/aromatic N) is 2. The molecule has 0 N–H and O–H groups in total. The van der Waals surface area contributed by atoms with Crippen LogP contribution in [0.2, 0.25) is 0 Å².